The van der Waals surface area contributed by atoms with Gasteiger partial charge in [0, 0.05) is 17.0 Å². The first-order valence-electron chi connectivity index (χ1n) is 9.39. The SMILES string of the molecule is C=CCc1cc(/C=C2\CNC(=S)S2)cc(OC)c1OCCOc1ccc(C)cc1. The summed E-state index contributed by atoms with van der Waals surface area (Å²) >= 11 is 6.78. The van der Waals surface area contributed by atoms with Crippen LogP contribution in [0.5, 0.6) is 17.2 Å². The zero-order valence-corrected chi connectivity index (χ0v) is 18.3. The number of hydrogen-bond acceptors (Lipinski definition) is 5. The highest BCUT2D eigenvalue weighted by atomic mass is 32.2. The third-order valence-corrected chi connectivity index (χ3v) is 5.56. The second-order valence-corrected chi connectivity index (χ2v) is 8.37. The minimum atomic E-state index is 0.420. The largest absolute Gasteiger partial charge is 0.493 e. The van der Waals surface area contributed by atoms with E-state index in [0.29, 0.717) is 25.4 Å². The number of rotatable bonds is 9. The molecule has 0 radical (unpaired) electrons. The van der Waals surface area contributed by atoms with Crippen LogP contribution in [0.3, 0.4) is 0 Å². The van der Waals surface area contributed by atoms with Gasteiger partial charge in [-0.3, -0.25) is 0 Å². The van der Waals surface area contributed by atoms with Crippen LogP contribution in [0.25, 0.3) is 6.08 Å². The number of thiocarbonyl (C=S) groups is 1. The summed E-state index contributed by atoms with van der Waals surface area (Å²) in [6, 6.07) is 12.1. The molecule has 1 N–H and O–H groups in total. The van der Waals surface area contributed by atoms with E-state index in [0.717, 1.165) is 33.5 Å². The summed E-state index contributed by atoms with van der Waals surface area (Å²) in [5, 5.41) is 3.16. The molecule has 3 rings (SSSR count). The first kappa shape index (κ1) is 21.3. The third kappa shape index (κ3) is 6.02. The van der Waals surface area contributed by atoms with Gasteiger partial charge in [-0.2, -0.15) is 0 Å². The van der Waals surface area contributed by atoms with Crippen molar-refractivity contribution in [3.05, 3.63) is 70.6 Å². The van der Waals surface area contributed by atoms with Crippen LogP contribution in [0.1, 0.15) is 16.7 Å². The third-order valence-electron chi connectivity index (χ3n) is 4.32. The van der Waals surface area contributed by atoms with Gasteiger partial charge in [0.25, 0.3) is 0 Å². The molecule has 29 heavy (non-hydrogen) atoms. The van der Waals surface area contributed by atoms with Crippen molar-refractivity contribution in [3.8, 4) is 17.2 Å². The number of methoxy groups -OCH3 is 1. The van der Waals surface area contributed by atoms with Gasteiger partial charge in [0.1, 0.15) is 23.3 Å². The van der Waals surface area contributed by atoms with E-state index in [1.807, 2.05) is 36.4 Å². The molecule has 0 atom stereocenters. The monoisotopic (exact) mass is 427 g/mol. The average molecular weight is 428 g/mol. The van der Waals surface area contributed by atoms with Gasteiger partial charge in [0.05, 0.1) is 7.11 Å². The summed E-state index contributed by atoms with van der Waals surface area (Å²) in [6.07, 6.45) is 4.67. The molecule has 0 bridgehead atoms. The maximum atomic E-state index is 6.04. The number of ether oxygens (including phenoxy) is 3. The molecule has 1 saturated heterocycles. The van der Waals surface area contributed by atoms with Crippen molar-refractivity contribution in [3.63, 3.8) is 0 Å². The molecule has 1 fully saturated rings. The fourth-order valence-electron chi connectivity index (χ4n) is 2.94. The molecule has 0 amide bonds. The second kappa shape index (κ2) is 10.4. The Bertz CT molecular complexity index is 907. The van der Waals surface area contributed by atoms with Crippen molar-refractivity contribution in [1.29, 1.82) is 0 Å². The molecule has 1 aliphatic heterocycles. The fraction of sp³-hybridized carbons (Fsp3) is 0.261. The minimum Gasteiger partial charge on any atom is -0.493 e. The normalized spacial score (nSPS) is 14.6. The standard InChI is InChI=1S/C23H25NO3S2/c1-4-5-18-12-17(13-20-15-24-23(28)29-20)14-21(25-3)22(18)27-11-10-26-19-8-6-16(2)7-9-19/h4,6-9,12-14H,1,5,10-11,15H2,2-3H3,(H,24,28)/b20-13+. The number of nitrogens with one attached hydrogen (secondary N) is 1. The van der Waals surface area contributed by atoms with Gasteiger partial charge in [-0.1, -0.05) is 47.8 Å². The summed E-state index contributed by atoms with van der Waals surface area (Å²) in [4.78, 5) is 1.18. The van der Waals surface area contributed by atoms with Crippen LogP contribution in [0.4, 0.5) is 0 Å². The molecule has 4 nitrogen and oxygen atoms in total. The van der Waals surface area contributed by atoms with E-state index in [4.69, 9.17) is 26.4 Å². The molecule has 2 aromatic carbocycles. The lowest BCUT2D eigenvalue weighted by atomic mass is 10.0. The van der Waals surface area contributed by atoms with E-state index in [2.05, 4.69) is 31.0 Å². The predicted octanol–water partition coefficient (Wildman–Crippen LogP) is 5.15. The average Bonchev–Trinajstić information content (AvgIpc) is 3.12. The lowest BCUT2D eigenvalue weighted by molar-refractivity contribution is 0.210. The Morgan fingerprint density at radius 2 is 1.93 bits per heavy atom. The first-order chi connectivity index (χ1) is 14.1. The maximum Gasteiger partial charge on any atom is 0.164 e. The number of thioether (sulfide) groups is 1. The molecule has 0 unspecified atom stereocenters. The number of aryl methyl sites for hydroxylation is 1. The Labute approximate surface area is 181 Å². The Kier molecular flexibility index (Phi) is 7.61. The molecule has 2 aromatic rings. The second-order valence-electron chi connectivity index (χ2n) is 6.57. The van der Waals surface area contributed by atoms with Crippen molar-refractivity contribution >= 4 is 34.4 Å². The van der Waals surface area contributed by atoms with Crippen LogP contribution in [0.2, 0.25) is 0 Å². The fourth-order valence-corrected chi connectivity index (χ4v) is 4.06. The van der Waals surface area contributed by atoms with E-state index in [9.17, 15) is 0 Å². The van der Waals surface area contributed by atoms with E-state index in [-0.39, 0.29) is 0 Å². The van der Waals surface area contributed by atoms with Crippen molar-refractivity contribution in [1.82, 2.24) is 5.32 Å². The lowest BCUT2D eigenvalue weighted by Gasteiger charge is -2.16. The van der Waals surface area contributed by atoms with Crippen LogP contribution in [0.15, 0.2) is 54.0 Å². The lowest BCUT2D eigenvalue weighted by Crippen LogP contribution is -2.11. The number of benzene rings is 2. The van der Waals surface area contributed by atoms with Gasteiger partial charge in [-0.05, 0) is 49.2 Å². The predicted molar refractivity (Wildman–Crippen MR) is 125 cm³/mol. The molecular weight excluding hydrogens is 402 g/mol. The maximum absolute atomic E-state index is 6.04. The highest BCUT2D eigenvalue weighted by molar-refractivity contribution is 8.26. The van der Waals surface area contributed by atoms with E-state index in [1.54, 1.807) is 18.9 Å². The smallest absolute Gasteiger partial charge is 0.164 e. The molecule has 1 aliphatic rings. The Balaban J connectivity index is 1.71. The molecule has 0 aliphatic carbocycles. The van der Waals surface area contributed by atoms with Crippen molar-refractivity contribution < 1.29 is 14.2 Å². The quantitative estimate of drug-likeness (QED) is 0.339. The van der Waals surface area contributed by atoms with Crippen LogP contribution in [0, 0.1) is 6.92 Å². The topological polar surface area (TPSA) is 39.7 Å². The van der Waals surface area contributed by atoms with Gasteiger partial charge in [-0.25, -0.2) is 0 Å². The Hall–Kier alpha value is -2.44. The summed E-state index contributed by atoms with van der Waals surface area (Å²) < 4.78 is 18.2. The van der Waals surface area contributed by atoms with Crippen LogP contribution >= 0.6 is 24.0 Å². The zero-order chi connectivity index (χ0) is 20.6. The number of hydrogen-bond donors (Lipinski definition) is 1. The summed E-state index contributed by atoms with van der Waals surface area (Å²) in [5.74, 6) is 2.26. The van der Waals surface area contributed by atoms with Gasteiger partial charge in [-0.15, -0.1) is 6.58 Å². The number of allylic oxidation sites excluding steroid dienone is 1. The molecular formula is C23H25NO3S2. The summed E-state index contributed by atoms with van der Waals surface area (Å²) in [6.45, 7) is 7.55. The molecule has 152 valence electrons. The van der Waals surface area contributed by atoms with E-state index in [1.165, 1.54) is 10.5 Å². The molecule has 6 heteroatoms. The van der Waals surface area contributed by atoms with E-state index >= 15 is 0 Å². The van der Waals surface area contributed by atoms with Crippen LogP contribution < -0.4 is 19.5 Å². The highest BCUT2D eigenvalue weighted by Gasteiger charge is 2.15. The molecule has 0 spiro atoms. The molecule has 1 heterocycles. The molecule has 0 aromatic heterocycles. The van der Waals surface area contributed by atoms with Crippen molar-refractivity contribution in [2.45, 2.75) is 13.3 Å². The van der Waals surface area contributed by atoms with Gasteiger partial charge in [0.2, 0.25) is 0 Å². The first-order valence-corrected chi connectivity index (χ1v) is 10.6. The van der Waals surface area contributed by atoms with Gasteiger partial charge >= 0.3 is 0 Å². The minimum absolute atomic E-state index is 0.420. The molecule has 0 saturated carbocycles. The summed E-state index contributed by atoms with van der Waals surface area (Å²) in [5.41, 5.74) is 3.28. The highest BCUT2D eigenvalue weighted by Crippen LogP contribution is 2.35. The zero-order valence-electron chi connectivity index (χ0n) is 16.7. The Morgan fingerprint density at radius 3 is 2.59 bits per heavy atom. The van der Waals surface area contributed by atoms with E-state index < -0.39 is 0 Å². The Morgan fingerprint density at radius 1 is 1.17 bits per heavy atom. The van der Waals surface area contributed by atoms with Crippen molar-refractivity contribution in [2.24, 2.45) is 0 Å². The summed E-state index contributed by atoms with van der Waals surface area (Å²) in [7, 11) is 1.65. The van der Waals surface area contributed by atoms with Gasteiger partial charge in [0.15, 0.2) is 11.5 Å². The van der Waals surface area contributed by atoms with Crippen molar-refractivity contribution in [2.75, 3.05) is 26.9 Å². The van der Waals surface area contributed by atoms with Gasteiger partial charge < -0.3 is 19.5 Å². The van der Waals surface area contributed by atoms with Crippen LogP contribution in [-0.2, 0) is 6.42 Å². The van der Waals surface area contributed by atoms with Crippen LogP contribution in [-0.4, -0.2) is 31.2 Å².